The lowest BCUT2D eigenvalue weighted by molar-refractivity contribution is 0.627. The van der Waals surface area contributed by atoms with Gasteiger partial charge in [0.1, 0.15) is 11.3 Å². The molecule has 2 aromatic heterocycles. The fourth-order valence-corrected chi connectivity index (χ4v) is 1.91. The molecule has 0 fully saturated rings. The Kier molecular flexibility index (Phi) is 3.39. The molecule has 0 radical (unpaired) electrons. The van der Waals surface area contributed by atoms with Crippen LogP contribution >= 0.6 is 11.6 Å². The van der Waals surface area contributed by atoms with Crippen molar-refractivity contribution in [3.05, 3.63) is 53.2 Å². The largest absolute Gasteiger partial charge is 0.350 e. The average Bonchev–Trinajstić information content (AvgIpc) is 2.47. The monoisotopic (exact) mass is 289 g/mol. The summed E-state index contributed by atoms with van der Waals surface area (Å²) in [6, 6.07) is 6.17. The molecular weight excluding hydrogens is 281 g/mol. The molecule has 1 aromatic carbocycles. The van der Waals surface area contributed by atoms with E-state index in [0.717, 1.165) is 5.56 Å². The summed E-state index contributed by atoms with van der Waals surface area (Å²) in [6.07, 6.45) is 3.07. The Hall–Kier alpha value is -2.34. The molecule has 0 aliphatic rings. The van der Waals surface area contributed by atoms with Crippen LogP contribution in [0.5, 0.6) is 0 Å². The van der Waals surface area contributed by atoms with Gasteiger partial charge in [-0.1, -0.05) is 23.7 Å². The number of hydrogen-bond acceptors (Lipinski definition) is 5. The molecule has 0 amide bonds. The summed E-state index contributed by atoms with van der Waals surface area (Å²) >= 11 is 6.02. The molecule has 1 N–H and O–H groups in total. The highest BCUT2D eigenvalue weighted by Gasteiger charge is 2.07. The minimum Gasteiger partial charge on any atom is -0.350 e. The molecular formula is C13H9ClFN5. The standard InChI is InChI=1S/C13H9ClFN5/c14-11-10-12(17-6-5-16-10)20-13(19-11)18-7-8-1-3-9(15)4-2-8/h1-6H,7H2,(H,17,18,19,20). The third-order valence-corrected chi connectivity index (χ3v) is 2.92. The van der Waals surface area contributed by atoms with Crippen molar-refractivity contribution >= 4 is 28.7 Å². The van der Waals surface area contributed by atoms with E-state index in [2.05, 4.69) is 25.3 Å². The molecule has 0 saturated carbocycles. The van der Waals surface area contributed by atoms with E-state index in [1.165, 1.54) is 24.5 Å². The molecule has 5 nitrogen and oxygen atoms in total. The van der Waals surface area contributed by atoms with Crippen molar-refractivity contribution in [3.8, 4) is 0 Å². The van der Waals surface area contributed by atoms with E-state index in [1.807, 2.05) is 0 Å². The normalized spacial score (nSPS) is 10.7. The predicted molar refractivity (Wildman–Crippen MR) is 73.9 cm³/mol. The lowest BCUT2D eigenvalue weighted by Gasteiger charge is -2.06. The topological polar surface area (TPSA) is 63.6 Å². The SMILES string of the molecule is Fc1ccc(CNc2nc(Cl)c3nccnc3n2)cc1. The Morgan fingerprint density at radius 3 is 2.60 bits per heavy atom. The molecule has 0 spiro atoms. The fraction of sp³-hybridized carbons (Fsp3) is 0.0769. The summed E-state index contributed by atoms with van der Waals surface area (Å²) in [5.74, 6) is 0.0846. The maximum atomic E-state index is 12.8. The Bertz CT molecular complexity index is 747. The quantitative estimate of drug-likeness (QED) is 0.751. The van der Waals surface area contributed by atoms with Crippen LogP contribution in [0, 0.1) is 5.82 Å². The number of nitrogens with one attached hydrogen (secondary N) is 1. The number of rotatable bonds is 3. The van der Waals surface area contributed by atoms with Crippen LogP contribution in [0.2, 0.25) is 5.15 Å². The minimum atomic E-state index is -0.269. The predicted octanol–water partition coefficient (Wildman–Crippen LogP) is 2.82. The first kappa shape index (κ1) is 12.7. The molecule has 3 aromatic rings. The van der Waals surface area contributed by atoms with Gasteiger partial charge in [-0.05, 0) is 17.7 Å². The van der Waals surface area contributed by atoms with Crippen molar-refractivity contribution in [2.75, 3.05) is 5.32 Å². The zero-order chi connectivity index (χ0) is 13.9. The van der Waals surface area contributed by atoms with E-state index in [1.54, 1.807) is 12.1 Å². The van der Waals surface area contributed by atoms with Gasteiger partial charge in [-0.25, -0.2) is 14.4 Å². The molecule has 0 unspecified atom stereocenters. The minimum absolute atomic E-state index is 0.240. The molecule has 20 heavy (non-hydrogen) atoms. The average molecular weight is 290 g/mol. The van der Waals surface area contributed by atoms with Crippen molar-refractivity contribution in [1.29, 1.82) is 0 Å². The molecule has 0 atom stereocenters. The second kappa shape index (κ2) is 5.34. The molecule has 100 valence electrons. The Morgan fingerprint density at radius 1 is 1.05 bits per heavy atom. The summed E-state index contributed by atoms with van der Waals surface area (Å²) in [5.41, 5.74) is 1.79. The Balaban J connectivity index is 1.82. The molecule has 3 rings (SSSR count). The highest BCUT2D eigenvalue weighted by Crippen LogP contribution is 2.18. The number of halogens is 2. The van der Waals surface area contributed by atoms with Gasteiger partial charge in [-0.3, -0.25) is 0 Å². The van der Waals surface area contributed by atoms with Gasteiger partial charge < -0.3 is 5.32 Å². The first-order valence-corrected chi connectivity index (χ1v) is 6.23. The van der Waals surface area contributed by atoms with E-state index in [9.17, 15) is 4.39 Å². The maximum Gasteiger partial charge on any atom is 0.226 e. The molecule has 2 heterocycles. The van der Waals surface area contributed by atoms with Crippen LogP contribution in [-0.2, 0) is 6.54 Å². The van der Waals surface area contributed by atoms with E-state index >= 15 is 0 Å². The van der Waals surface area contributed by atoms with Crippen molar-refractivity contribution in [1.82, 2.24) is 19.9 Å². The number of hydrogen-bond donors (Lipinski definition) is 1. The molecule has 0 bridgehead atoms. The van der Waals surface area contributed by atoms with Crippen molar-refractivity contribution in [3.63, 3.8) is 0 Å². The van der Waals surface area contributed by atoms with Crippen LogP contribution in [0.1, 0.15) is 5.56 Å². The van der Waals surface area contributed by atoms with Gasteiger partial charge in [0.2, 0.25) is 5.95 Å². The van der Waals surface area contributed by atoms with Crippen LogP contribution in [0.25, 0.3) is 11.2 Å². The molecule has 0 aliphatic heterocycles. The zero-order valence-electron chi connectivity index (χ0n) is 10.2. The molecule has 0 aliphatic carbocycles. The first-order valence-electron chi connectivity index (χ1n) is 5.85. The van der Waals surface area contributed by atoms with Crippen LogP contribution in [0.15, 0.2) is 36.7 Å². The van der Waals surface area contributed by atoms with Gasteiger partial charge in [0.25, 0.3) is 0 Å². The summed E-state index contributed by atoms with van der Waals surface area (Å²) in [6.45, 7) is 0.461. The highest BCUT2D eigenvalue weighted by molar-refractivity contribution is 6.33. The van der Waals surface area contributed by atoms with Gasteiger partial charge in [0, 0.05) is 18.9 Å². The lowest BCUT2D eigenvalue weighted by Crippen LogP contribution is -2.05. The summed E-state index contributed by atoms with van der Waals surface area (Å²) in [7, 11) is 0. The van der Waals surface area contributed by atoms with Crippen LogP contribution in [0.3, 0.4) is 0 Å². The van der Waals surface area contributed by atoms with Gasteiger partial charge >= 0.3 is 0 Å². The molecule has 0 saturated heterocycles. The van der Waals surface area contributed by atoms with E-state index in [0.29, 0.717) is 23.7 Å². The smallest absolute Gasteiger partial charge is 0.226 e. The zero-order valence-corrected chi connectivity index (χ0v) is 11.0. The summed E-state index contributed by atoms with van der Waals surface area (Å²) in [4.78, 5) is 16.5. The van der Waals surface area contributed by atoms with Crippen LogP contribution in [0.4, 0.5) is 10.3 Å². The summed E-state index contributed by atoms with van der Waals surface area (Å²) < 4.78 is 12.8. The van der Waals surface area contributed by atoms with Crippen molar-refractivity contribution in [2.45, 2.75) is 6.54 Å². The van der Waals surface area contributed by atoms with Crippen LogP contribution < -0.4 is 5.32 Å². The summed E-state index contributed by atoms with van der Waals surface area (Å²) in [5, 5.41) is 3.26. The number of benzene rings is 1. The van der Waals surface area contributed by atoms with E-state index < -0.39 is 0 Å². The second-order valence-corrected chi connectivity index (χ2v) is 4.40. The van der Waals surface area contributed by atoms with Gasteiger partial charge in [-0.15, -0.1) is 0 Å². The van der Waals surface area contributed by atoms with Crippen molar-refractivity contribution < 1.29 is 4.39 Å². The van der Waals surface area contributed by atoms with Crippen molar-refractivity contribution in [2.24, 2.45) is 0 Å². The second-order valence-electron chi connectivity index (χ2n) is 4.05. The number of aromatic nitrogens is 4. The third-order valence-electron chi connectivity index (χ3n) is 2.65. The van der Waals surface area contributed by atoms with Gasteiger partial charge in [-0.2, -0.15) is 9.97 Å². The van der Waals surface area contributed by atoms with E-state index in [4.69, 9.17) is 11.6 Å². The number of fused-ring (bicyclic) bond motifs is 1. The Morgan fingerprint density at radius 2 is 1.80 bits per heavy atom. The third kappa shape index (κ3) is 2.65. The first-order chi connectivity index (χ1) is 9.72. The molecule has 7 heteroatoms. The fourth-order valence-electron chi connectivity index (χ4n) is 1.69. The lowest BCUT2D eigenvalue weighted by atomic mass is 10.2. The van der Waals surface area contributed by atoms with E-state index in [-0.39, 0.29) is 11.0 Å². The highest BCUT2D eigenvalue weighted by atomic mass is 35.5. The number of anilines is 1. The van der Waals surface area contributed by atoms with Crippen LogP contribution in [-0.4, -0.2) is 19.9 Å². The maximum absolute atomic E-state index is 12.8. The van der Waals surface area contributed by atoms with Gasteiger partial charge in [0.15, 0.2) is 10.8 Å². The number of nitrogens with zero attached hydrogens (tertiary/aromatic N) is 4. The Labute approximate surface area is 118 Å². The van der Waals surface area contributed by atoms with Gasteiger partial charge in [0.05, 0.1) is 0 Å².